The fourth-order valence-electron chi connectivity index (χ4n) is 1.19. The van der Waals surface area contributed by atoms with E-state index in [1.165, 1.54) is 11.5 Å². The second-order valence-corrected chi connectivity index (χ2v) is 4.32. The van der Waals surface area contributed by atoms with E-state index in [0.717, 1.165) is 28.1 Å². The highest BCUT2D eigenvalue weighted by Gasteiger charge is 1.99. The van der Waals surface area contributed by atoms with Crippen molar-refractivity contribution in [3.63, 3.8) is 0 Å². The highest BCUT2D eigenvalue weighted by atomic mass is 35.5. The van der Waals surface area contributed by atoms with E-state index in [4.69, 9.17) is 11.6 Å². The second kappa shape index (κ2) is 4.59. The van der Waals surface area contributed by atoms with E-state index >= 15 is 0 Å². The second-order valence-electron chi connectivity index (χ2n) is 3.13. The van der Waals surface area contributed by atoms with Gasteiger partial charge in [0.05, 0.1) is 0 Å². The van der Waals surface area contributed by atoms with Gasteiger partial charge < -0.3 is 5.32 Å². The van der Waals surface area contributed by atoms with Crippen molar-refractivity contribution in [2.75, 3.05) is 5.32 Å². The molecule has 0 amide bonds. The summed E-state index contributed by atoms with van der Waals surface area (Å²) in [6.45, 7) is 2.59. The minimum absolute atomic E-state index is 0.717. The van der Waals surface area contributed by atoms with E-state index in [9.17, 15) is 0 Å². The van der Waals surface area contributed by atoms with Gasteiger partial charge in [-0.25, -0.2) is 4.98 Å². The maximum Gasteiger partial charge on any atom is 0.202 e. The summed E-state index contributed by atoms with van der Waals surface area (Å²) in [7, 11) is 0. The molecule has 0 atom stereocenters. The number of anilines is 1. The fourth-order valence-corrected chi connectivity index (χ4v) is 1.98. The number of hydrogen-bond donors (Lipinski definition) is 1. The van der Waals surface area contributed by atoms with Crippen LogP contribution in [0.3, 0.4) is 0 Å². The third-order valence-corrected chi connectivity index (χ3v) is 2.86. The molecule has 1 aromatic carbocycles. The molecule has 78 valence electrons. The van der Waals surface area contributed by atoms with Crippen molar-refractivity contribution >= 4 is 28.3 Å². The lowest BCUT2D eigenvalue weighted by molar-refractivity contribution is 1.10. The monoisotopic (exact) mass is 239 g/mol. The molecule has 1 N–H and O–H groups in total. The molecule has 1 aromatic heterocycles. The van der Waals surface area contributed by atoms with Crippen molar-refractivity contribution in [2.45, 2.75) is 13.5 Å². The van der Waals surface area contributed by atoms with E-state index in [0.29, 0.717) is 0 Å². The van der Waals surface area contributed by atoms with Crippen molar-refractivity contribution < 1.29 is 0 Å². The first-order chi connectivity index (χ1) is 7.24. The van der Waals surface area contributed by atoms with Crippen molar-refractivity contribution in [2.24, 2.45) is 0 Å². The number of nitrogens with one attached hydrogen (secondary N) is 1. The Bertz CT molecular complexity index is 455. The molecule has 0 saturated heterocycles. The summed E-state index contributed by atoms with van der Waals surface area (Å²) in [5.74, 6) is 0.800. The highest BCUT2D eigenvalue weighted by molar-refractivity contribution is 7.09. The zero-order chi connectivity index (χ0) is 10.7. The first-order valence-electron chi connectivity index (χ1n) is 4.52. The Morgan fingerprint density at radius 1 is 1.47 bits per heavy atom. The standard InChI is InChI=1S/C10H10ClN3S/c1-7-13-10(15-14-7)12-6-8-3-2-4-9(11)5-8/h2-5H,6H2,1H3,(H,12,13,14). The van der Waals surface area contributed by atoms with Gasteiger partial charge >= 0.3 is 0 Å². The van der Waals surface area contributed by atoms with Gasteiger partial charge in [0.1, 0.15) is 5.82 Å². The van der Waals surface area contributed by atoms with Crippen molar-refractivity contribution in [1.82, 2.24) is 9.36 Å². The molecule has 2 aromatic rings. The average Bonchev–Trinajstić information content (AvgIpc) is 2.62. The lowest BCUT2D eigenvalue weighted by Crippen LogP contribution is -1.98. The van der Waals surface area contributed by atoms with Crippen LogP contribution in [-0.4, -0.2) is 9.36 Å². The third kappa shape index (κ3) is 2.91. The summed E-state index contributed by atoms with van der Waals surface area (Å²) in [5.41, 5.74) is 1.13. The number of rotatable bonds is 3. The maximum atomic E-state index is 5.88. The van der Waals surface area contributed by atoms with Crippen molar-refractivity contribution in [1.29, 1.82) is 0 Å². The fraction of sp³-hybridized carbons (Fsp3) is 0.200. The molecular formula is C10H10ClN3S. The SMILES string of the molecule is Cc1nsc(NCc2cccc(Cl)c2)n1. The Hall–Kier alpha value is -1.13. The summed E-state index contributed by atoms with van der Waals surface area (Å²) >= 11 is 7.25. The van der Waals surface area contributed by atoms with Crippen LogP contribution < -0.4 is 5.32 Å². The summed E-state index contributed by atoms with van der Waals surface area (Å²) in [5, 5.41) is 4.79. The van der Waals surface area contributed by atoms with Crippen LogP contribution in [0.15, 0.2) is 24.3 Å². The van der Waals surface area contributed by atoms with E-state index in [1.807, 2.05) is 31.2 Å². The Labute approximate surface area is 97.3 Å². The number of benzene rings is 1. The Balaban J connectivity index is 1.99. The molecule has 5 heteroatoms. The minimum Gasteiger partial charge on any atom is -0.356 e. The summed E-state index contributed by atoms with van der Waals surface area (Å²) < 4.78 is 4.09. The predicted molar refractivity (Wildman–Crippen MR) is 63.4 cm³/mol. The number of halogens is 1. The average molecular weight is 240 g/mol. The molecule has 0 fully saturated rings. The Morgan fingerprint density at radius 2 is 2.33 bits per heavy atom. The van der Waals surface area contributed by atoms with Crippen molar-refractivity contribution in [3.8, 4) is 0 Å². The molecule has 0 aliphatic rings. The van der Waals surface area contributed by atoms with Crippen LogP contribution >= 0.6 is 23.1 Å². The Morgan fingerprint density at radius 3 is 3.00 bits per heavy atom. The topological polar surface area (TPSA) is 37.8 Å². The van der Waals surface area contributed by atoms with Gasteiger partial charge in [-0.05, 0) is 24.6 Å². The van der Waals surface area contributed by atoms with Gasteiger partial charge in [0, 0.05) is 23.1 Å². The molecule has 2 rings (SSSR count). The highest BCUT2D eigenvalue weighted by Crippen LogP contribution is 2.14. The molecule has 3 nitrogen and oxygen atoms in total. The molecule has 0 saturated carbocycles. The number of aromatic nitrogens is 2. The molecule has 0 spiro atoms. The minimum atomic E-state index is 0.717. The molecule has 0 aliphatic carbocycles. The van der Waals surface area contributed by atoms with Gasteiger partial charge in [-0.15, -0.1) is 0 Å². The Kier molecular flexibility index (Phi) is 3.18. The van der Waals surface area contributed by atoms with Gasteiger partial charge in [-0.1, -0.05) is 23.7 Å². The first kappa shape index (κ1) is 10.4. The third-order valence-electron chi connectivity index (χ3n) is 1.86. The van der Waals surface area contributed by atoms with Gasteiger partial charge in [0.2, 0.25) is 5.13 Å². The molecule has 0 aliphatic heterocycles. The van der Waals surface area contributed by atoms with Gasteiger partial charge in [0.15, 0.2) is 0 Å². The number of aryl methyl sites for hydroxylation is 1. The molecule has 0 unspecified atom stereocenters. The van der Waals surface area contributed by atoms with Crippen LogP contribution in [0.25, 0.3) is 0 Å². The largest absolute Gasteiger partial charge is 0.356 e. The van der Waals surface area contributed by atoms with Crippen LogP contribution in [0.5, 0.6) is 0 Å². The van der Waals surface area contributed by atoms with Gasteiger partial charge in [-0.3, -0.25) is 0 Å². The van der Waals surface area contributed by atoms with Crippen LogP contribution in [-0.2, 0) is 6.54 Å². The van der Waals surface area contributed by atoms with Crippen molar-refractivity contribution in [3.05, 3.63) is 40.7 Å². The zero-order valence-electron chi connectivity index (χ0n) is 8.20. The molecular weight excluding hydrogens is 230 g/mol. The molecule has 0 radical (unpaired) electrons. The van der Waals surface area contributed by atoms with E-state index in [-0.39, 0.29) is 0 Å². The van der Waals surface area contributed by atoms with Crippen LogP contribution in [0.4, 0.5) is 5.13 Å². The predicted octanol–water partition coefficient (Wildman–Crippen LogP) is 3.11. The molecule has 15 heavy (non-hydrogen) atoms. The normalized spacial score (nSPS) is 10.3. The quantitative estimate of drug-likeness (QED) is 0.895. The smallest absolute Gasteiger partial charge is 0.202 e. The molecule has 0 bridgehead atoms. The van der Waals surface area contributed by atoms with Crippen LogP contribution in [0, 0.1) is 6.92 Å². The lowest BCUT2D eigenvalue weighted by atomic mass is 10.2. The summed E-state index contributed by atoms with van der Waals surface area (Å²) in [4.78, 5) is 4.21. The van der Waals surface area contributed by atoms with E-state index in [1.54, 1.807) is 0 Å². The number of nitrogens with zero attached hydrogens (tertiary/aromatic N) is 2. The van der Waals surface area contributed by atoms with Gasteiger partial charge in [-0.2, -0.15) is 4.37 Å². The first-order valence-corrected chi connectivity index (χ1v) is 5.68. The summed E-state index contributed by atoms with van der Waals surface area (Å²) in [6, 6.07) is 7.75. The maximum absolute atomic E-state index is 5.88. The van der Waals surface area contributed by atoms with Crippen LogP contribution in [0.2, 0.25) is 5.02 Å². The molecule has 1 heterocycles. The van der Waals surface area contributed by atoms with Crippen LogP contribution in [0.1, 0.15) is 11.4 Å². The lowest BCUT2D eigenvalue weighted by Gasteiger charge is -2.02. The zero-order valence-corrected chi connectivity index (χ0v) is 9.77. The van der Waals surface area contributed by atoms with E-state index < -0.39 is 0 Å². The summed E-state index contributed by atoms with van der Waals surface area (Å²) in [6.07, 6.45) is 0. The van der Waals surface area contributed by atoms with Gasteiger partial charge in [0.25, 0.3) is 0 Å². The number of hydrogen-bond acceptors (Lipinski definition) is 4. The van der Waals surface area contributed by atoms with E-state index in [2.05, 4.69) is 14.7 Å².